The lowest BCUT2D eigenvalue weighted by atomic mass is 10.1. The first-order valence-corrected chi connectivity index (χ1v) is 11.3. The maximum atomic E-state index is 12.5. The Kier molecular flexibility index (Phi) is 8.48. The number of ether oxygens (including phenoxy) is 2. The number of amides is 1. The molecule has 32 heavy (non-hydrogen) atoms. The Bertz CT molecular complexity index is 1150. The highest BCUT2D eigenvalue weighted by Crippen LogP contribution is 2.35. The highest BCUT2D eigenvalue weighted by Gasteiger charge is 2.14. The number of benzene rings is 3. The molecule has 162 valence electrons. The monoisotopic (exact) mass is 554 g/mol. The summed E-state index contributed by atoms with van der Waals surface area (Å²) in [7, 11) is 1.54. The molecule has 0 unspecified atom stereocenters. The maximum absolute atomic E-state index is 12.5. The lowest BCUT2D eigenvalue weighted by molar-refractivity contribution is -0.117. The molecule has 0 bridgehead atoms. The molecule has 5 nitrogen and oxygen atoms in total. The minimum atomic E-state index is -0.446. The zero-order chi connectivity index (χ0) is 22.9. The van der Waals surface area contributed by atoms with E-state index in [0.717, 1.165) is 15.6 Å². The van der Waals surface area contributed by atoms with Gasteiger partial charge in [-0.05, 0) is 47.0 Å². The van der Waals surface area contributed by atoms with E-state index in [9.17, 15) is 10.1 Å². The lowest BCUT2D eigenvalue weighted by Crippen LogP contribution is -2.23. The van der Waals surface area contributed by atoms with Crippen molar-refractivity contribution in [1.29, 1.82) is 5.26 Å². The number of carbonyl (C=O) groups excluding carboxylic acids is 1. The SMILES string of the molecule is COc1cc(C=C(C#N)C(=O)NCc2ccccc2)c(Br)cc1OCc1ccc(Br)cc1. The van der Waals surface area contributed by atoms with Crippen molar-refractivity contribution in [1.82, 2.24) is 5.32 Å². The van der Waals surface area contributed by atoms with Crippen molar-refractivity contribution in [2.24, 2.45) is 0 Å². The number of nitrogens with one attached hydrogen (secondary N) is 1. The minimum absolute atomic E-state index is 0.00721. The molecule has 0 saturated carbocycles. The number of hydrogen-bond acceptors (Lipinski definition) is 4. The highest BCUT2D eigenvalue weighted by molar-refractivity contribution is 9.10. The van der Waals surface area contributed by atoms with Crippen LogP contribution in [-0.2, 0) is 17.9 Å². The molecule has 3 rings (SSSR count). The van der Waals surface area contributed by atoms with E-state index in [4.69, 9.17) is 9.47 Å². The Balaban J connectivity index is 1.75. The zero-order valence-electron chi connectivity index (χ0n) is 17.3. The van der Waals surface area contributed by atoms with Crippen molar-refractivity contribution in [3.05, 3.63) is 97.9 Å². The van der Waals surface area contributed by atoms with Crippen LogP contribution in [0.4, 0.5) is 0 Å². The Morgan fingerprint density at radius 3 is 2.41 bits per heavy atom. The van der Waals surface area contributed by atoms with Crippen LogP contribution < -0.4 is 14.8 Å². The molecule has 0 aliphatic heterocycles. The second kappa shape index (κ2) is 11.5. The van der Waals surface area contributed by atoms with E-state index < -0.39 is 5.91 Å². The topological polar surface area (TPSA) is 71.3 Å². The highest BCUT2D eigenvalue weighted by atomic mass is 79.9. The molecule has 0 aliphatic rings. The largest absolute Gasteiger partial charge is 0.493 e. The molecule has 1 amide bonds. The number of nitriles is 1. The number of rotatable bonds is 8. The summed E-state index contributed by atoms with van der Waals surface area (Å²) in [5.74, 6) is 0.600. The molecule has 0 heterocycles. The molecule has 0 saturated heterocycles. The van der Waals surface area contributed by atoms with Crippen LogP contribution in [0.15, 0.2) is 81.2 Å². The first kappa shape index (κ1) is 23.6. The number of halogens is 2. The van der Waals surface area contributed by atoms with Gasteiger partial charge in [-0.1, -0.05) is 74.3 Å². The van der Waals surface area contributed by atoms with E-state index in [2.05, 4.69) is 37.2 Å². The van der Waals surface area contributed by atoms with Gasteiger partial charge in [0.25, 0.3) is 5.91 Å². The van der Waals surface area contributed by atoms with Crippen LogP contribution in [-0.4, -0.2) is 13.0 Å². The van der Waals surface area contributed by atoms with Crippen LogP contribution in [0.2, 0.25) is 0 Å². The van der Waals surface area contributed by atoms with Gasteiger partial charge in [0.2, 0.25) is 0 Å². The quantitative estimate of drug-likeness (QED) is 0.272. The van der Waals surface area contributed by atoms with Gasteiger partial charge in [-0.15, -0.1) is 0 Å². The van der Waals surface area contributed by atoms with Crippen molar-refractivity contribution in [2.75, 3.05) is 7.11 Å². The van der Waals surface area contributed by atoms with Gasteiger partial charge >= 0.3 is 0 Å². The van der Waals surface area contributed by atoms with E-state index >= 15 is 0 Å². The zero-order valence-corrected chi connectivity index (χ0v) is 20.4. The third-order valence-corrected chi connectivity index (χ3v) is 5.77. The van der Waals surface area contributed by atoms with Crippen LogP contribution in [0.1, 0.15) is 16.7 Å². The smallest absolute Gasteiger partial charge is 0.262 e. The Morgan fingerprint density at radius 2 is 1.75 bits per heavy atom. The summed E-state index contributed by atoms with van der Waals surface area (Å²) in [4.78, 5) is 12.5. The Morgan fingerprint density at radius 1 is 1.03 bits per heavy atom. The van der Waals surface area contributed by atoms with Crippen molar-refractivity contribution >= 4 is 43.8 Å². The average Bonchev–Trinajstić information content (AvgIpc) is 2.82. The summed E-state index contributed by atoms with van der Waals surface area (Å²) in [6, 6.07) is 22.8. The second-order valence-corrected chi connectivity index (χ2v) is 8.55. The molecule has 0 aromatic heterocycles. The predicted molar refractivity (Wildman–Crippen MR) is 131 cm³/mol. The van der Waals surface area contributed by atoms with Gasteiger partial charge in [0.15, 0.2) is 11.5 Å². The van der Waals surface area contributed by atoms with Gasteiger partial charge in [-0.2, -0.15) is 5.26 Å². The molecule has 3 aromatic rings. The van der Waals surface area contributed by atoms with E-state index in [1.165, 1.54) is 6.08 Å². The van der Waals surface area contributed by atoms with E-state index in [-0.39, 0.29) is 5.57 Å². The third kappa shape index (κ3) is 6.46. The van der Waals surface area contributed by atoms with Gasteiger partial charge in [0.1, 0.15) is 18.2 Å². The molecule has 0 fully saturated rings. The first-order valence-electron chi connectivity index (χ1n) is 9.69. The molecule has 1 N–H and O–H groups in total. The summed E-state index contributed by atoms with van der Waals surface area (Å²) in [6.45, 7) is 0.711. The summed E-state index contributed by atoms with van der Waals surface area (Å²) in [5, 5.41) is 12.3. The molecule has 0 spiro atoms. The Labute approximate surface area is 203 Å². The van der Waals surface area contributed by atoms with E-state index in [0.29, 0.717) is 34.7 Å². The van der Waals surface area contributed by atoms with E-state index in [1.54, 1.807) is 19.2 Å². The average molecular weight is 556 g/mol. The molecular weight excluding hydrogens is 536 g/mol. The Hall–Kier alpha value is -3.08. The normalized spacial score (nSPS) is 10.9. The number of methoxy groups -OCH3 is 1. The van der Waals surface area contributed by atoms with Crippen LogP contribution in [0.5, 0.6) is 11.5 Å². The van der Waals surface area contributed by atoms with Gasteiger partial charge in [0.05, 0.1) is 7.11 Å². The van der Waals surface area contributed by atoms with Crippen molar-refractivity contribution in [2.45, 2.75) is 13.2 Å². The lowest BCUT2D eigenvalue weighted by Gasteiger charge is -2.13. The molecular formula is C25H20Br2N2O3. The minimum Gasteiger partial charge on any atom is -0.493 e. The van der Waals surface area contributed by atoms with Crippen LogP contribution >= 0.6 is 31.9 Å². The standard InChI is InChI=1S/C25H20Br2N2O3/c1-31-23-12-19(11-20(14-28)25(30)29-15-17-5-3-2-4-6-17)22(27)13-24(23)32-16-18-7-9-21(26)10-8-18/h2-13H,15-16H2,1H3,(H,29,30). The maximum Gasteiger partial charge on any atom is 0.262 e. The van der Waals surface area contributed by atoms with Crippen molar-refractivity contribution in [3.63, 3.8) is 0 Å². The van der Waals surface area contributed by atoms with Gasteiger partial charge in [-0.3, -0.25) is 4.79 Å². The van der Waals surface area contributed by atoms with Gasteiger partial charge in [-0.25, -0.2) is 0 Å². The molecule has 0 radical (unpaired) electrons. The first-order chi connectivity index (χ1) is 15.5. The summed E-state index contributed by atoms with van der Waals surface area (Å²) in [6.07, 6.45) is 1.52. The third-order valence-electron chi connectivity index (χ3n) is 4.55. The van der Waals surface area contributed by atoms with Gasteiger partial charge < -0.3 is 14.8 Å². The van der Waals surface area contributed by atoms with Crippen molar-refractivity contribution in [3.8, 4) is 17.6 Å². The van der Waals surface area contributed by atoms with Crippen molar-refractivity contribution < 1.29 is 14.3 Å². The predicted octanol–water partition coefficient (Wildman–Crippen LogP) is 6.02. The molecule has 7 heteroatoms. The number of nitrogens with zero attached hydrogens (tertiary/aromatic N) is 1. The summed E-state index contributed by atoms with van der Waals surface area (Å²) in [5.41, 5.74) is 2.59. The summed E-state index contributed by atoms with van der Waals surface area (Å²) >= 11 is 6.92. The molecule has 0 aliphatic carbocycles. The summed E-state index contributed by atoms with van der Waals surface area (Å²) < 4.78 is 13.1. The van der Waals surface area contributed by atoms with Crippen LogP contribution in [0.3, 0.4) is 0 Å². The van der Waals surface area contributed by atoms with Crippen LogP contribution in [0.25, 0.3) is 6.08 Å². The fourth-order valence-electron chi connectivity index (χ4n) is 2.85. The number of hydrogen-bond donors (Lipinski definition) is 1. The fourth-order valence-corrected chi connectivity index (χ4v) is 3.55. The van der Waals surface area contributed by atoms with Crippen LogP contribution in [0, 0.1) is 11.3 Å². The second-order valence-electron chi connectivity index (χ2n) is 6.78. The molecule has 3 aromatic carbocycles. The fraction of sp³-hybridized carbons (Fsp3) is 0.120. The van der Waals surface area contributed by atoms with E-state index in [1.807, 2.05) is 60.7 Å². The van der Waals surface area contributed by atoms with Gasteiger partial charge in [0, 0.05) is 15.5 Å². The molecule has 0 atom stereocenters. The number of carbonyl (C=O) groups is 1.